The molecule has 11 heteroatoms. The van der Waals surface area contributed by atoms with E-state index in [9.17, 15) is 36.4 Å². The molecule has 2 saturated heterocycles. The number of hydrogen-bond acceptors (Lipinski definition) is 4. The zero-order chi connectivity index (χ0) is 27.1. The lowest BCUT2D eigenvalue weighted by atomic mass is 9.72. The number of piperidine rings is 1. The SMILES string of the molecule is C[C@@H](OC[C@@]1(c2ccccc2)CC[C@]2(CC#N)CN1CC(=O)N2)c1cc(C(F)(F)F)cc(C(F)(F)F)c1. The molecule has 198 valence electrons. The number of alkyl halides is 6. The Hall–Kier alpha value is -3.10. The molecule has 0 spiro atoms. The number of nitriles is 1. The molecule has 2 aromatic carbocycles. The van der Waals surface area contributed by atoms with Gasteiger partial charge in [0.15, 0.2) is 0 Å². The summed E-state index contributed by atoms with van der Waals surface area (Å²) in [5.74, 6) is -0.262. The van der Waals surface area contributed by atoms with Crippen LogP contribution in [0.5, 0.6) is 0 Å². The number of hydrogen-bond donors (Lipinski definition) is 1. The summed E-state index contributed by atoms with van der Waals surface area (Å²) in [4.78, 5) is 14.5. The molecule has 1 amide bonds. The smallest absolute Gasteiger partial charge is 0.372 e. The molecular formula is C26H25F6N3O2. The highest BCUT2D eigenvalue weighted by Gasteiger charge is 2.53. The highest BCUT2D eigenvalue weighted by atomic mass is 19.4. The molecule has 0 radical (unpaired) electrons. The zero-order valence-corrected chi connectivity index (χ0v) is 19.9. The second-order valence-electron chi connectivity index (χ2n) is 9.71. The van der Waals surface area contributed by atoms with E-state index in [0.717, 1.165) is 5.56 Å². The largest absolute Gasteiger partial charge is 0.416 e. The van der Waals surface area contributed by atoms with E-state index in [2.05, 4.69) is 11.4 Å². The van der Waals surface area contributed by atoms with Crippen molar-refractivity contribution in [1.29, 1.82) is 5.26 Å². The second kappa shape index (κ2) is 9.65. The second-order valence-corrected chi connectivity index (χ2v) is 9.71. The van der Waals surface area contributed by atoms with E-state index in [1.165, 1.54) is 6.92 Å². The van der Waals surface area contributed by atoms with Crippen LogP contribution in [-0.4, -0.2) is 36.0 Å². The first-order valence-corrected chi connectivity index (χ1v) is 11.7. The van der Waals surface area contributed by atoms with E-state index in [0.29, 0.717) is 31.5 Å². The molecule has 2 aliphatic rings. The Morgan fingerprint density at radius 3 is 2.24 bits per heavy atom. The van der Waals surface area contributed by atoms with Gasteiger partial charge in [-0.1, -0.05) is 30.3 Å². The fourth-order valence-electron chi connectivity index (χ4n) is 5.25. The Morgan fingerprint density at radius 1 is 1.05 bits per heavy atom. The summed E-state index contributed by atoms with van der Waals surface area (Å²) in [5, 5.41) is 12.2. The lowest BCUT2D eigenvalue weighted by Crippen LogP contribution is -2.71. The van der Waals surface area contributed by atoms with Crippen molar-refractivity contribution < 1.29 is 35.9 Å². The van der Waals surface area contributed by atoms with Gasteiger partial charge >= 0.3 is 12.4 Å². The van der Waals surface area contributed by atoms with E-state index in [-0.39, 0.29) is 37.1 Å². The van der Waals surface area contributed by atoms with Crippen molar-refractivity contribution >= 4 is 5.91 Å². The van der Waals surface area contributed by atoms with Crippen LogP contribution in [0.15, 0.2) is 48.5 Å². The number of benzene rings is 2. The van der Waals surface area contributed by atoms with E-state index < -0.39 is 40.7 Å². The van der Waals surface area contributed by atoms with Crippen LogP contribution in [0, 0.1) is 11.3 Å². The number of fused-ring (bicyclic) bond motifs is 2. The standard InChI is InChI=1S/C26H25F6N3O2/c1-17(18-11-20(25(27,28)29)13-21(12-18)26(30,31)32)37-16-24(19-5-3-2-4-6-19)8-7-23(9-10-33)15-35(24)14-22(36)34-23/h2-6,11-13,17H,7-9,14-16H2,1H3,(H,34,36)/t17-,23+,24-/m1/s1. The van der Waals surface area contributed by atoms with Gasteiger partial charge in [-0.3, -0.25) is 9.69 Å². The lowest BCUT2D eigenvalue weighted by molar-refractivity contribution is -0.143. The fourth-order valence-corrected chi connectivity index (χ4v) is 5.25. The highest BCUT2D eigenvalue weighted by molar-refractivity contribution is 5.80. The van der Waals surface area contributed by atoms with Crippen molar-refractivity contribution in [1.82, 2.24) is 10.2 Å². The van der Waals surface area contributed by atoms with E-state index >= 15 is 0 Å². The van der Waals surface area contributed by atoms with E-state index in [1.54, 1.807) is 0 Å². The monoisotopic (exact) mass is 525 g/mol. The minimum Gasteiger partial charge on any atom is -0.372 e. The number of carbonyl (C=O) groups excluding carboxylic acids is 1. The first kappa shape index (κ1) is 26.9. The molecule has 2 heterocycles. The van der Waals surface area contributed by atoms with Crippen molar-refractivity contribution in [2.45, 2.75) is 55.7 Å². The van der Waals surface area contributed by atoms with Gasteiger partial charge in [-0.15, -0.1) is 0 Å². The maximum atomic E-state index is 13.4. The number of halogens is 6. The van der Waals surface area contributed by atoms with Gasteiger partial charge in [0, 0.05) is 6.54 Å². The van der Waals surface area contributed by atoms with Crippen molar-refractivity contribution in [3.8, 4) is 6.07 Å². The van der Waals surface area contributed by atoms with Gasteiger partial charge in [0.2, 0.25) is 5.91 Å². The normalized spacial score (nSPS) is 26.8. The Morgan fingerprint density at radius 2 is 1.68 bits per heavy atom. The van der Waals surface area contributed by atoms with Crippen LogP contribution in [0.4, 0.5) is 26.3 Å². The minimum atomic E-state index is -4.96. The Labute approximate surface area is 210 Å². The molecular weight excluding hydrogens is 500 g/mol. The van der Waals surface area contributed by atoms with Crippen LogP contribution in [0.2, 0.25) is 0 Å². The lowest BCUT2D eigenvalue weighted by Gasteiger charge is -2.56. The third-order valence-electron chi connectivity index (χ3n) is 7.24. The Kier molecular flexibility index (Phi) is 7.03. The third kappa shape index (κ3) is 5.45. The maximum Gasteiger partial charge on any atom is 0.416 e. The molecule has 0 aliphatic carbocycles. The summed E-state index contributed by atoms with van der Waals surface area (Å²) >= 11 is 0. The summed E-state index contributed by atoms with van der Waals surface area (Å²) < 4.78 is 86.2. The Bertz CT molecular complexity index is 1160. The van der Waals surface area contributed by atoms with Crippen molar-refractivity contribution in [2.24, 2.45) is 0 Å². The number of amides is 1. The zero-order valence-electron chi connectivity index (χ0n) is 19.9. The van der Waals surface area contributed by atoms with Crippen LogP contribution in [0.25, 0.3) is 0 Å². The summed E-state index contributed by atoms with van der Waals surface area (Å²) in [5.41, 5.74) is -3.84. The predicted octanol–water partition coefficient (Wildman–Crippen LogP) is 5.58. The van der Waals surface area contributed by atoms with Gasteiger partial charge in [0.05, 0.1) is 54.0 Å². The van der Waals surface area contributed by atoms with Crippen LogP contribution in [-0.2, 0) is 27.4 Å². The van der Waals surface area contributed by atoms with E-state index in [1.807, 2.05) is 35.2 Å². The summed E-state index contributed by atoms with van der Waals surface area (Å²) in [6, 6.07) is 12.7. The number of piperazine rings is 1. The van der Waals surface area contributed by atoms with Crippen LogP contribution < -0.4 is 5.32 Å². The van der Waals surface area contributed by atoms with Crippen molar-refractivity contribution in [2.75, 3.05) is 19.7 Å². The van der Waals surface area contributed by atoms with Gasteiger partial charge in [0.25, 0.3) is 0 Å². The maximum absolute atomic E-state index is 13.4. The van der Waals surface area contributed by atoms with Crippen molar-refractivity contribution in [3.63, 3.8) is 0 Å². The van der Waals surface area contributed by atoms with Gasteiger partial charge in [-0.05, 0) is 49.1 Å². The molecule has 2 bridgehead atoms. The Balaban J connectivity index is 1.67. The van der Waals surface area contributed by atoms with Crippen molar-refractivity contribution in [3.05, 3.63) is 70.8 Å². The molecule has 2 fully saturated rings. The van der Waals surface area contributed by atoms with Crippen LogP contribution >= 0.6 is 0 Å². The predicted molar refractivity (Wildman–Crippen MR) is 121 cm³/mol. The minimum absolute atomic E-state index is 0.0155. The van der Waals surface area contributed by atoms with Gasteiger partial charge < -0.3 is 10.1 Å². The molecule has 4 atom stereocenters. The topological polar surface area (TPSA) is 65.4 Å². The average molecular weight is 525 g/mol. The quantitative estimate of drug-likeness (QED) is 0.501. The van der Waals surface area contributed by atoms with Gasteiger partial charge in [-0.25, -0.2) is 0 Å². The number of carbonyl (C=O) groups is 1. The number of ether oxygens (including phenoxy) is 1. The van der Waals surface area contributed by atoms with Crippen LogP contribution in [0.3, 0.4) is 0 Å². The summed E-state index contributed by atoms with van der Waals surface area (Å²) in [6.45, 7) is 1.70. The molecule has 0 aromatic heterocycles. The number of nitrogens with zero attached hydrogens (tertiary/aromatic N) is 2. The number of nitrogens with one attached hydrogen (secondary N) is 1. The number of rotatable bonds is 6. The fraction of sp³-hybridized carbons (Fsp3) is 0.462. The molecule has 2 aliphatic heterocycles. The highest BCUT2D eigenvalue weighted by Crippen LogP contribution is 2.45. The molecule has 1 N–H and O–H groups in total. The molecule has 37 heavy (non-hydrogen) atoms. The molecule has 1 unspecified atom stereocenters. The summed E-state index contributed by atoms with van der Waals surface area (Å²) in [7, 11) is 0. The van der Waals surface area contributed by atoms with E-state index in [4.69, 9.17) is 4.74 Å². The average Bonchev–Trinajstić information content (AvgIpc) is 2.83. The summed E-state index contributed by atoms with van der Waals surface area (Å²) in [6.07, 6.45) is -10.00. The van der Waals surface area contributed by atoms with Gasteiger partial charge in [-0.2, -0.15) is 31.6 Å². The first-order chi connectivity index (χ1) is 17.3. The molecule has 0 saturated carbocycles. The van der Waals surface area contributed by atoms with Crippen LogP contribution in [0.1, 0.15) is 54.5 Å². The molecule has 5 nitrogen and oxygen atoms in total. The molecule has 4 rings (SSSR count). The molecule has 2 aromatic rings. The third-order valence-corrected chi connectivity index (χ3v) is 7.24. The van der Waals surface area contributed by atoms with Gasteiger partial charge in [0.1, 0.15) is 0 Å². The first-order valence-electron chi connectivity index (χ1n) is 11.7.